The molecule has 1 unspecified atom stereocenters. The number of nitrogens with zero attached hydrogens (tertiary/aromatic N) is 2. The lowest BCUT2D eigenvalue weighted by Crippen LogP contribution is -2.52. The Morgan fingerprint density at radius 1 is 1.19 bits per heavy atom. The summed E-state index contributed by atoms with van der Waals surface area (Å²) in [6.45, 7) is 2.74. The van der Waals surface area contributed by atoms with Gasteiger partial charge in [0.15, 0.2) is 0 Å². The number of hydrogen-bond acceptors (Lipinski definition) is 5. The van der Waals surface area contributed by atoms with E-state index < -0.39 is 6.04 Å². The number of esters is 1. The maximum atomic E-state index is 12.4. The third kappa shape index (κ3) is 4.03. The number of rotatable bonds is 4. The predicted molar refractivity (Wildman–Crippen MR) is 78.4 cm³/mol. The molecule has 6 heteroatoms. The smallest absolute Gasteiger partial charge is 0.319 e. The number of amides is 1. The summed E-state index contributed by atoms with van der Waals surface area (Å²) in [6.07, 6.45) is 0. The first-order valence-corrected chi connectivity index (χ1v) is 7.00. The standard InChI is InChI=1S/C15H21N3O3/c1-21-13(19)11-17-7-9-18(10-8-17)15(20)14(16)12-5-3-2-4-6-12/h2-6,14H,7-11,16H2,1H3. The Hall–Kier alpha value is -1.92. The molecule has 1 aromatic rings. The largest absolute Gasteiger partial charge is 0.468 e. The van der Waals surface area contributed by atoms with E-state index in [4.69, 9.17) is 5.73 Å². The maximum absolute atomic E-state index is 12.4. The van der Waals surface area contributed by atoms with Crippen molar-refractivity contribution in [2.24, 2.45) is 5.73 Å². The lowest BCUT2D eigenvalue weighted by Gasteiger charge is -2.35. The Kier molecular flexibility index (Phi) is 5.30. The highest BCUT2D eigenvalue weighted by atomic mass is 16.5. The summed E-state index contributed by atoms with van der Waals surface area (Å²) in [5.41, 5.74) is 6.85. The van der Waals surface area contributed by atoms with Gasteiger partial charge >= 0.3 is 5.97 Å². The first-order valence-electron chi connectivity index (χ1n) is 7.00. The van der Waals surface area contributed by atoms with Crippen molar-refractivity contribution in [3.8, 4) is 0 Å². The van der Waals surface area contributed by atoms with Crippen LogP contribution < -0.4 is 5.73 Å². The fourth-order valence-electron chi connectivity index (χ4n) is 2.37. The molecule has 21 heavy (non-hydrogen) atoms. The predicted octanol–water partition coefficient (Wildman–Crippen LogP) is 0.00360. The number of benzene rings is 1. The fraction of sp³-hybridized carbons (Fsp3) is 0.467. The van der Waals surface area contributed by atoms with Gasteiger partial charge in [0.1, 0.15) is 6.04 Å². The van der Waals surface area contributed by atoms with Crippen LogP contribution >= 0.6 is 0 Å². The molecule has 1 saturated heterocycles. The van der Waals surface area contributed by atoms with Gasteiger partial charge in [0.25, 0.3) is 0 Å². The summed E-state index contributed by atoms with van der Waals surface area (Å²) in [7, 11) is 1.38. The summed E-state index contributed by atoms with van der Waals surface area (Å²) in [5, 5.41) is 0. The van der Waals surface area contributed by atoms with Gasteiger partial charge in [0, 0.05) is 26.2 Å². The third-order valence-electron chi connectivity index (χ3n) is 3.69. The summed E-state index contributed by atoms with van der Waals surface area (Å²) in [4.78, 5) is 27.3. The Balaban J connectivity index is 1.87. The van der Waals surface area contributed by atoms with E-state index in [0.717, 1.165) is 5.56 Å². The van der Waals surface area contributed by atoms with Gasteiger partial charge in [-0.3, -0.25) is 14.5 Å². The molecule has 114 valence electrons. The minimum absolute atomic E-state index is 0.0704. The Morgan fingerprint density at radius 3 is 2.38 bits per heavy atom. The van der Waals surface area contributed by atoms with Crippen molar-refractivity contribution in [1.29, 1.82) is 0 Å². The second kappa shape index (κ2) is 7.19. The van der Waals surface area contributed by atoms with E-state index in [1.807, 2.05) is 35.2 Å². The molecule has 2 rings (SSSR count). The zero-order chi connectivity index (χ0) is 15.2. The van der Waals surface area contributed by atoms with Crippen LogP contribution in [0.2, 0.25) is 0 Å². The molecule has 1 fully saturated rings. The van der Waals surface area contributed by atoms with Gasteiger partial charge < -0.3 is 15.4 Å². The lowest BCUT2D eigenvalue weighted by atomic mass is 10.1. The van der Waals surface area contributed by atoms with Gasteiger partial charge in [-0.25, -0.2) is 0 Å². The lowest BCUT2D eigenvalue weighted by molar-refractivity contribution is -0.142. The van der Waals surface area contributed by atoms with Crippen LogP contribution in [-0.2, 0) is 14.3 Å². The number of carbonyl (C=O) groups is 2. The summed E-state index contributed by atoms with van der Waals surface area (Å²) in [5.74, 6) is -0.324. The molecule has 6 nitrogen and oxygen atoms in total. The maximum Gasteiger partial charge on any atom is 0.319 e. The van der Waals surface area contributed by atoms with Crippen LogP contribution in [0.5, 0.6) is 0 Å². The number of methoxy groups -OCH3 is 1. The van der Waals surface area contributed by atoms with Crippen molar-refractivity contribution in [3.05, 3.63) is 35.9 Å². The first kappa shape index (κ1) is 15.5. The molecular weight excluding hydrogens is 270 g/mol. The molecule has 0 aliphatic carbocycles. The molecule has 1 atom stereocenters. The topological polar surface area (TPSA) is 75.9 Å². The first-order chi connectivity index (χ1) is 10.1. The van der Waals surface area contributed by atoms with Gasteiger partial charge in [-0.2, -0.15) is 0 Å². The quantitative estimate of drug-likeness (QED) is 0.791. The van der Waals surface area contributed by atoms with Gasteiger partial charge in [-0.15, -0.1) is 0 Å². The molecule has 0 spiro atoms. The Labute approximate surface area is 124 Å². The van der Waals surface area contributed by atoms with Crippen LogP contribution in [0, 0.1) is 0 Å². The Bertz CT molecular complexity index is 484. The van der Waals surface area contributed by atoms with Crippen LogP contribution in [0.25, 0.3) is 0 Å². The minimum Gasteiger partial charge on any atom is -0.468 e. The van der Waals surface area contributed by atoms with Crippen LogP contribution in [-0.4, -0.2) is 61.5 Å². The average molecular weight is 291 g/mol. The SMILES string of the molecule is COC(=O)CN1CCN(C(=O)C(N)c2ccccc2)CC1. The van der Waals surface area contributed by atoms with Gasteiger partial charge in [0.2, 0.25) is 5.91 Å². The van der Waals surface area contributed by atoms with Gasteiger partial charge in [0.05, 0.1) is 13.7 Å². The molecule has 0 saturated carbocycles. The van der Waals surface area contributed by atoms with Crippen molar-refractivity contribution in [2.45, 2.75) is 6.04 Å². The molecule has 1 amide bonds. The molecule has 2 N–H and O–H groups in total. The van der Waals surface area contributed by atoms with Crippen LogP contribution in [0.4, 0.5) is 0 Å². The van der Waals surface area contributed by atoms with E-state index in [9.17, 15) is 9.59 Å². The second-order valence-electron chi connectivity index (χ2n) is 5.07. The Morgan fingerprint density at radius 2 is 1.81 bits per heavy atom. The summed E-state index contributed by atoms with van der Waals surface area (Å²) >= 11 is 0. The third-order valence-corrected chi connectivity index (χ3v) is 3.69. The van der Waals surface area contributed by atoms with Crippen molar-refractivity contribution in [1.82, 2.24) is 9.80 Å². The number of carbonyl (C=O) groups excluding carboxylic acids is 2. The van der Waals surface area contributed by atoms with Crippen molar-refractivity contribution >= 4 is 11.9 Å². The van der Waals surface area contributed by atoms with Crippen LogP contribution in [0.15, 0.2) is 30.3 Å². The molecule has 0 aromatic heterocycles. The highest BCUT2D eigenvalue weighted by Crippen LogP contribution is 2.14. The number of ether oxygens (including phenoxy) is 1. The van der Waals surface area contributed by atoms with Crippen molar-refractivity contribution < 1.29 is 14.3 Å². The van der Waals surface area contributed by atoms with Crippen molar-refractivity contribution in [3.63, 3.8) is 0 Å². The molecule has 1 aliphatic heterocycles. The van der Waals surface area contributed by atoms with E-state index in [0.29, 0.717) is 26.2 Å². The van der Waals surface area contributed by atoms with E-state index in [2.05, 4.69) is 4.74 Å². The zero-order valence-corrected chi connectivity index (χ0v) is 12.2. The second-order valence-corrected chi connectivity index (χ2v) is 5.07. The minimum atomic E-state index is -0.627. The van der Waals surface area contributed by atoms with Gasteiger partial charge in [-0.05, 0) is 5.56 Å². The van der Waals surface area contributed by atoms with E-state index in [-0.39, 0.29) is 18.4 Å². The molecule has 1 aromatic carbocycles. The van der Waals surface area contributed by atoms with Crippen LogP contribution in [0.3, 0.4) is 0 Å². The van der Waals surface area contributed by atoms with E-state index >= 15 is 0 Å². The number of nitrogens with two attached hydrogens (primary N) is 1. The van der Waals surface area contributed by atoms with Gasteiger partial charge in [-0.1, -0.05) is 30.3 Å². The highest BCUT2D eigenvalue weighted by molar-refractivity contribution is 5.83. The van der Waals surface area contributed by atoms with E-state index in [1.165, 1.54) is 7.11 Å². The fourth-order valence-corrected chi connectivity index (χ4v) is 2.37. The summed E-state index contributed by atoms with van der Waals surface area (Å²) < 4.78 is 4.64. The molecule has 1 heterocycles. The van der Waals surface area contributed by atoms with Crippen LogP contribution in [0.1, 0.15) is 11.6 Å². The van der Waals surface area contributed by atoms with E-state index in [1.54, 1.807) is 4.90 Å². The molecule has 0 radical (unpaired) electrons. The zero-order valence-electron chi connectivity index (χ0n) is 12.2. The molecule has 1 aliphatic rings. The highest BCUT2D eigenvalue weighted by Gasteiger charge is 2.26. The van der Waals surface area contributed by atoms with Crippen molar-refractivity contribution in [2.75, 3.05) is 39.8 Å². The number of piperazine rings is 1. The average Bonchev–Trinajstić information content (AvgIpc) is 2.55. The number of hydrogen-bond donors (Lipinski definition) is 1. The summed E-state index contributed by atoms with van der Waals surface area (Å²) in [6, 6.07) is 8.73. The normalized spacial score (nSPS) is 17.3. The monoisotopic (exact) mass is 291 g/mol. The molecule has 0 bridgehead atoms. The molecular formula is C15H21N3O3.